The minimum atomic E-state index is 0.497. The maximum absolute atomic E-state index is 4.35. The van der Waals surface area contributed by atoms with Crippen molar-refractivity contribution in [3.8, 4) is 0 Å². The highest BCUT2D eigenvalue weighted by Crippen LogP contribution is 2.39. The summed E-state index contributed by atoms with van der Waals surface area (Å²) >= 11 is 0. The fourth-order valence-electron chi connectivity index (χ4n) is 2.00. The largest absolute Gasteiger partial charge is 0.350 e. The number of aromatic nitrogens is 2. The van der Waals surface area contributed by atoms with Crippen molar-refractivity contribution in [2.75, 3.05) is 18.4 Å². The van der Waals surface area contributed by atoms with Gasteiger partial charge in [0.05, 0.1) is 0 Å². The maximum Gasteiger partial charge on any atom is 0.222 e. The molecule has 2 heterocycles. The summed E-state index contributed by atoms with van der Waals surface area (Å²) in [4.78, 5) is 8.71. The third-order valence-corrected chi connectivity index (χ3v) is 3.11. The van der Waals surface area contributed by atoms with Crippen molar-refractivity contribution < 1.29 is 0 Å². The summed E-state index contributed by atoms with van der Waals surface area (Å²) in [5.74, 6) is 1.51. The fraction of sp³-hybridized carbons (Fsp3) is 0.636. The zero-order valence-corrected chi connectivity index (χ0v) is 8.74. The topological polar surface area (TPSA) is 49.8 Å². The molecule has 4 nitrogen and oxygen atoms in total. The molecular weight excluding hydrogens is 188 g/mol. The molecular formula is C11H16N4. The third kappa shape index (κ3) is 2.09. The minimum absolute atomic E-state index is 0.497. The SMILES string of the molecule is c1nc(NC2CCNC2)ncc1C1CC1. The van der Waals surface area contributed by atoms with E-state index in [9.17, 15) is 0 Å². The van der Waals surface area contributed by atoms with Crippen LogP contribution in [0, 0.1) is 0 Å². The normalized spacial score (nSPS) is 25.5. The van der Waals surface area contributed by atoms with Crippen LogP contribution in [0.3, 0.4) is 0 Å². The first kappa shape index (κ1) is 9.09. The number of hydrogen-bond acceptors (Lipinski definition) is 4. The van der Waals surface area contributed by atoms with E-state index < -0.39 is 0 Å². The van der Waals surface area contributed by atoms with E-state index in [0.29, 0.717) is 6.04 Å². The summed E-state index contributed by atoms with van der Waals surface area (Å²) in [6.07, 6.45) is 7.71. The minimum Gasteiger partial charge on any atom is -0.350 e. The first-order valence-corrected chi connectivity index (χ1v) is 5.71. The van der Waals surface area contributed by atoms with Crippen LogP contribution in [0.25, 0.3) is 0 Å². The van der Waals surface area contributed by atoms with E-state index in [2.05, 4.69) is 20.6 Å². The molecule has 1 unspecified atom stereocenters. The second kappa shape index (κ2) is 3.77. The molecule has 0 aromatic carbocycles. The molecule has 1 aliphatic heterocycles. The second-order valence-electron chi connectivity index (χ2n) is 4.45. The monoisotopic (exact) mass is 204 g/mol. The van der Waals surface area contributed by atoms with E-state index in [0.717, 1.165) is 31.4 Å². The number of nitrogens with one attached hydrogen (secondary N) is 2. The Hall–Kier alpha value is -1.16. The van der Waals surface area contributed by atoms with Crippen LogP contribution in [-0.4, -0.2) is 29.1 Å². The molecule has 1 aromatic rings. The molecule has 0 spiro atoms. The molecule has 1 aromatic heterocycles. The fourth-order valence-corrected chi connectivity index (χ4v) is 2.00. The molecule has 0 bridgehead atoms. The Morgan fingerprint density at radius 3 is 2.60 bits per heavy atom. The second-order valence-corrected chi connectivity index (χ2v) is 4.45. The van der Waals surface area contributed by atoms with Gasteiger partial charge in [-0.1, -0.05) is 0 Å². The number of anilines is 1. The van der Waals surface area contributed by atoms with Gasteiger partial charge in [0.25, 0.3) is 0 Å². The Balaban J connectivity index is 1.64. The highest BCUT2D eigenvalue weighted by Gasteiger charge is 2.24. The van der Waals surface area contributed by atoms with Gasteiger partial charge in [0, 0.05) is 25.0 Å². The quantitative estimate of drug-likeness (QED) is 0.775. The van der Waals surface area contributed by atoms with Crippen LogP contribution in [-0.2, 0) is 0 Å². The van der Waals surface area contributed by atoms with Crippen LogP contribution < -0.4 is 10.6 Å². The zero-order valence-electron chi connectivity index (χ0n) is 8.74. The van der Waals surface area contributed by atoms with Crippen molar-refractivity contribution in [2.24, 2.45) is 0 Å². The van der Waals surface area contributed by atoms with Gasteiger partial charge in [0.15, 0.2) is 0 Å². The Morgan fingerprint density at radius 1 is 1.20 bits per heavy atom. The first-order valence-electron chi connectivity index (χ1n) is 5.71. The van der Waals surface area contributed by atoms with Crippen LogP contribution in [0.4, 0.5) is 5.95 Å². The van der Waals surface area contributed by atoms with Gasteiger partial charge in [-0.05, 0) is 37.3 Å². The average molecular weight is 204 g/mol. The van der Waals surface area contributed by atoms with Crippen LogP contribution in [0.2, 0.25) is 0 Å². The Kier molecular flexibility index (Phi) is 2.29. The summed E-state index contributed by atoms with van der Waals surface area (Å²) in [6.45, 7) is 2.12. The van der Waals surface area contributed by atoms with Gasteiger partial charge in [0.2, 0.25) is 5.95 Å². The van der Waals surface area contributed by atoms with E-state index in [1.807, 2.05) is 12.4 Å². The Morgan fingerprint density at radius 2 is 2.00 bits per heavy atom. The number of hydrogen-bond donors (Lipinski definition) is 2. The van der Waals surface area contributed by atoms with Gasteiger partial charge in [-0.3, -0.25) is 0 Å². The molecule has 2 aliphatic rings. The summed E-state index contributed by atoms with van der Waals surface area (Å²) in [5.41, 5.74) is 1.30. The van der Waals surface area contributed by atoms with Crippen LogP contribution in [0.1, 0.15) is 30.7 Å². The zero-order chi connectivity index (χ0) is 10.1. The van der Waals surface area contributed by atoms with Crippen molar-refractivity contribution in [3.63, 3.8) is 0 Å². The molecule has 1 atom stereocenters. The molecule has 1 saturated carbocycles. The van der Waals surface area contributed by atoms with E-state index >= 15 is 0 Å². The highest BCUT2D eigenvalue weighted by molar-refractivity contribution is 5.29. The van der Waals surface area contributed by atoms with E-state index in [1.165, 1.54) is 18.4 Å². The summed E-state index contributed by atoms with van der Waals surface area (Å²) < 4.78 is 0. The lowest BCUT2D eigenvalue weighted by Crippen LogP contribution is -2.23. The van der Waals surface area contributed by atoms with E-state index in [4.69, 9.17) is 0 Å². The maximum atomic E-state index is 4.35. The van der Waals surface area contributed by atoms with Gasteiger partial charge in [0.1, 0.15) is 0 Å². The Labute approximate surface area is 89.5 Å². The molecule has 2 N–H and O–H groups in total. The standard InChI is InChI=1S/C11H16N4/c1-2-8(1)9-5-13-11(14-6-9)15-10-3-4-12-7-10/h5-6,8,10,12H,1-4,7H2,(H,13,14,15). The van der Waals surface area contributed by atoms with Crippen LogP contribution in [0.5, 0.6) is 0 Å². The predicted octanol–water partition coefficient (Wildman–Crippen LogP) is 1.13. The third-order valence-electron chi connectivity index (χ3n) is 3.11. The lowest BCUT2D eigenvalue weighted by atomic mass is 10.2. The summed E-state index contributed by atoms with van der Waals surface area (Å²) in [7, 11) is 0. The lowest BCUT2D eigenvalue weighted by molar-refractivity contribution is 0.779. The van der Waals surface area contributed by atoms with Gasteiger partial charge in [-0.25, -0.2) is 9.97 Å². The molecule has 80 valence electrons. The molecule has 15 heavy (non-hydrogen) atoms. The van der Waals surface area contributed by atoms with Crippen molar-refractivity contribution in [1.29, 1.82) is 0 Å². The van der Waals surface area contributed by atoms with Gasteiger partial charge < -0.3 is 10.6 Å². The Bertz CT molecular complexity index is 325. The number of nitrogens with zero attached hydrogens (tertiary/aromatic N) is 2. The summed E-state index contributed by atoms with van der Waals surface area (Å²) in [6, 6.07) is 0.497. The van der Waals surface area contributed by atoms with Crippen LogP contribution >= 0.6 is 0 Å². The molecule has 0 amide bonds. The molecule has 4 heteroatoms. The lowest BCUT2D eigenvalue weighted by Gasteiger charge is -2.10. The number of rotatable bonds is 3. The smallest absolute Gasteiger partial charge is 0.222 e. The van der Waals surface area contributed by atoms with Crippen molar-refractivity contribution in [2.45, 2.75) is 31.2 Å². The first-order chi connectivity index (χ1) is 7.42. The molecule has 1 saturated heterocycles. The summed E-state index contributed by atoms with van der Waals surface area (Å²) in [5, 5.41) is 6.66. The van der Waals surface area contributed by atoms with E-state index in [-0.39, 0.29) is 0 Å². The average Bonchev–Trinajstić information content (AvgIpc) is 2.99. The molecule has 1 aliphatic carbocycles. The van der Waals surface area contributed by atoms with Crippen LogP contribution in [0.15, 0.2) is 12.4 Å². The van der Waals surface area contributed by atoms with Crippen molar-refractivity contribution in [1.82, 2.24) is 15.3 Å². The molecule has 0 radical (unpaired) electrons. The van der Waals surface area contributed by atoms with Crippen molar-refractivity contribution in [3.05, 3.63) is 18.0 Å². The van der Waals surface area contributed by atoms with Gasteiger partial charge >= 0.3 is 0 Å². The predicted molar refractivity (Wildman–Crippen MR) is 58.9 cm³/mol. The van der Waals surface area contributed by atoms with Crippen molar-refractivity contribution >= 4 is 5.95 Å². The van der Waals surface area contributed by atoms with Gasteiger partial charge in [-0.2, -0.15) is 0 Å². The molecule has 3 rings (SSSR count). The van der Waals surface area contributed by atoms with Gasteiger partial charge in [-0.15, -0.1) is 0 Å². The highest BCUT2D eigenvalue weighted by atomic mass is 15.1. The van der Waals surface area contributed by atoms with E-state index in [1.54, 1.807) is 0 Å². The molecule has 2 fully saturated rings.